The second kappa shape index (κ2) is 6.68. The van der Waals surface area contributed by atoms with Crippen LogP contribution in [0.1, 0.15) is 36.5 Å². The minimum Gasteiger partial charge on any atom is -0.493 e. The molecule has 0 aliphatic heterocycles. The van der Waals surface area contributed by atoms with Crippen LogP contribution < -0.4 is 10.1 Å². The highest BCUT2D eigenvalue weighted by Gasteiger charge is 2.25. The Morgan fingerprint density at radius 3 is 2.70 bits per heavy atom. The zero-order chi connectivity index (χ0) is 17.1. The third-order valence-corrected chi connectivity index (χ3v) is 3.53. The Labute approximate surface area is 134 Å². The van der Waals surface area contributed by atoms with Crippen molar-refractivity contribution in [2.45, 2.75) is 33.2 Å². The molecule has 124 valence electrons. The summed E-state index contributed by atoms with van der Waals surface area (Å²) < 4.78 is 6.85. The first-order valence-electron chi connectivity index (χ1n) is 7.40. The highest BCUT2D eigenvalue weighted by atomic mass is 16.5. The SMILES string of the molecule is COc1cccn2c(C(=O)NC(CC(C)C)C(=O)O)c(C)nc12. The summed E-state index contributed by atoms with van der Waals surface area (Å²) in [5, 5.41) is 11.9. The van der Waals surface area contributed by atoms with Gasteiger partial charge in [0.2, 0.25) is 0 Å². The predicted octanol–water partition coefficient (Wildman–Crippen LogP) is 1.88. The molecule has 2 aromatic rings. The van der Waals surface area contributed by atoms with Crippen molar-refractivity contribution in [2.24, 2.45) is 5.92 Å². The Morgan fingerprint density at radius 2 is 2.13 bits per heavy atom. The maximum atomic E-state index is 12.6. The molecule has 1 amide bonds. The predicted molar refractivity (Wildman–Crippen MR) is 84.8 cm³/mol. The lowest BCUT2D eigenvalue weighted by molar-refractivity contribution is -0.139. The van der Waals surface area contributed by atoms with Crippen molar-refractivity contribution in [3.63, 3.8) is 0 Å². The molecule has 0 radical (unpaired) electrons. The number of rotatable bonds is 6. The van der Waals surface area contributed by atoms with Crippen LogP contribution in [-0.4, -0.2) is 39.5 Å². The molecule has 1 unspecified atom stereocenters. The average molecular weight is 319 g/mol. The third-order valence-electron chi connectivity index (χ3n) is 3.53. The molecule has 2 heterocycles. The summed E-state index contributed by atoms with van der Waals surface area (Å²) in [6, 6.07) is 2.56. The summed E-state index contributed by atoms with van der Waals surface area (Å²) >= 11 is 0. The van der Waals surface area contributed by atoms with Crippen LogP contribution in [0.25, 0.3) is 5.65 Å². The number of carboxylic acids is 1. The zero-order valence-electron chi connectivity index (χ0n) is 13.7. The number of nitrogens with one attached hydrogen (secondary N) is 1. The number of aromatic nitrogens is 2. The lowest BCUT2D eigenvalue weighted by Gasteiger charge is -2.16. The molecule has 2 rings (SSSR count). The van der Waals surface area contributed by atoms with E-state index in [1.54, 1.807) is 29.7 Å². The number of amides is 1. The van der Waals surface area contributed by atoms with Crippen molar-refractivity contribution in [1.82, 2.24) is 14.7 Å². The summed E-state index contributed by atoms with van der Waals surface area (Å²) in [5.41, 5.74) is 1.35. The molecule has 0 spiro atoms. The van der Waals surface area contributed by atoms with Gasteiger partial charge in [-0.25, -0.2) is 9.78 Å². The molecular weight excluding hydrogens is 298 g/mol. The highest BCUT2D eigenvalue weighted by molar-refractivity contribution is 5.97. The number of pyridine rings is 1. The molecule has 7 heteroatoms. The minimum absolute atomic E-state index is 0.153. The molecule has 0 aromatic carbocycles. The van der Waals surface area contributed by atoms with Crippen molar-refractivity contribution in [2.75, 3.05) is 7.11 Å². The van der Waals surface area contributed by atoms with Crippen molar-refractivity contribution < 1.29 is 19.4 Å². The van der Waals surface area contributed by atoms with Crippen LogP contribution in [0, 0.1) is 12.8 Å². The Hall–Kier alpha value is -2.57. The summed E-state index contributed by atoms with van der Waals surface area (Å²) in [7, 11) is 1.53. The summed E-state index contributed by atoms with van der Waals surface area (Å²) in [6.45, 7) is 5.53. The number of aliphatic carboxylic acids is 1. The van der Waals surface area contributed by atoms with Gasteiger partial charge in [-0.15, -0.1) is 0 Å². The highest BCUT2D eigenvalue weighted by Crippen LogP contribution is 2.21. The Kier molecular flexibility index (Phi) is 4.88. The van der Waals surface area contributed by atoms with E-state index in [4.69, 9.17) is 4.74 Å². The number of carboxylic acid groups (broad SMARTS) is 1. The molecule has 0 saturated heterocycles. The number of nitrogens with zero attached hydrogens (tertiary/aromatic N) is 2. The van der Waals surface area contributed by atoms with Gasteiger partial charge in [-0.05, 0) is 31.4 Å². The van der Waals surface area contributed by atoms with Gasteiger partial charge in [0.25, 0.3) is 5.91 Å². The van der Waals surface area contributed by atoms with Crippen molar-refractivity contribution in [1.29, 1.82) is 0 Å². The van der Waals surface area contributed by atoms with E-state index < -0.39 is 17.9 Å². The maximum absolute atomic E-state index is 12.6. The van der Waals surface area contributed by atoms with Gasteiger partial charge in [0.1, 0.15) is 11.7 Å². The van der Waals surface area contributed by atoms with Crippen LogP contribution in [0.5, 0.6) is 5.75 Å². The average Bonchev–Trinajstić information content (AvgIpc) is 2.81. The van der Waals surface area contributed by atoms with Gasteiger partial charge in [-0.2, -0.15) is 0 Å². The van der Waals surface area contributed by atoms with E-state index >= 15 is 0 Å². The largest absolute Gasteiger partial charge is 0.493 e. The molecule has 7 nitrogen and oxygen atoms in total. The molecule has 0 bridgehead atoms. The van der Waals surface area contributed by atoms with E-state index in [0.29, 0.717) is 29.2 Å². The first kappa shape index (κ1) is 16.8. The number of carbonyl (C=O) groups is 2. The molecule has 2 aromatic heterocycles. The molecule has 0 fully saturated rings. The number of ether oxygens (including phenoxy) is 1. The van der Waals surface area contributed by atoms with E-state index in [1.165, 1.54) is 7.11 Å². The lowest BCUT2D eigenvalue weighted by atomic mass is 10.0. The number of carbonyl (C=O) groups excluding carboxylic acids is 1. The molecule has 0 aliphatic carbocycles. The van der Waals surface area contributed by atoms with Gasteiger partial charge in [0, 0.05) is 6.20 Å². The fraction of sp³-hybridized carbons (Fsp3) is 0.438. The zero-order valence-corrected chi connectivity index (χ0v) is 13.7. The van der Waals surface area contributed by atoms with Crippen LogP contribution in [0.4, 0.5) is 0 Å². The number of fused-ring (bicyclic) bond motifs is 1. The lowest BCUT2D eigenvalue weighted by Crippen LogP contribution is -2.42. The fourth-order valence-electron chi connectivity index (χ4n) is 2.51. The van der Waals surface area contributed by atoms with Gasteiger partial charge < -0.3 is 15.2 Å². The molecule has 0 saturated carbocycles. The van der Waals surface area contributed by atoms with Crippen LogP contribution in [0.15, 0.2) is 18.3 Å². The van der Waals surface area contributed by atoms with Gasteiger partial charge in [-0.1, -0.05) is 13.8 Å². The van der Waals surface area contributed by atoms with E-state index in [-0.39, 0.29) is 5.92 Å². The first-order chi connectivity index (χ1) is 10.8. The number of methoxy groups -OCH3 is 1. The van der Waals surface area contributed by atoms with Gasteiger partial charge in [-0.3, -0.25) is 9.20 Å². The van der Waals surface area contributed by atoms with Crippen molar-refractivity contribution in [3.8, 4) is 5.75 Å². The molecule has 1 atom stereocenters. The second-order valence-corrected chi connectivity index (χ2v) is 5.81. The number of imidazole rings is 1. The smallest absolute Gasteiger partial charge is 0.326 e. The summed E-state index contributed by atoms with van der Waals surface area (Å²) in [5.74, 6) is -0.807. The Morgan fingerprint density at radius 1 is 1.43 bits per heavy atom. The van der Waals surface area contributed by atoms with Crippen LogP contribution >= 0.6 is 0 Å². The monoisotopic (exact) mass is 319 g/mol. The number of hydrogen-bond acceptors (Lipinski definition) is 4. The van der Waals surface area contributed by atoms with Gasteiger partial charge in [0.15, 0.2) is 11.4 Å². The Balaban J connectivity index is 2.37. The molecular formula is C16H21N3O4. The van der Waals surface area contributed by atoms with Crippen molar-refractivity contribution >= 4 is 17.5 Å². The maximum Gasteiger partial charge on any atom is 0.326 e. The number of aryl methyl sites for hydroxylation is 1. The topological polar surface area (TPSA) is 92.9 Å². The second-order valence-electron chi connectivity index (χ2n) is 5.81. The van der Waals surface area contributed by atoms with Crippen molar-refractivity contribution in [3.05, 3.63) is 29.7 Å². The molecule has 0 aliphatic rings. The quantitative estimate of drug-likeness (QED) is 0.848. The van der Waals surface area contributed by atoms with E-state index in [2.05, 4.69) is 10.3 Å². The fourth-order valence-corrected chi connectivity index (χ4v) is 2.51. The summed E-state index contributed by atoms with van der Waals surface area (Å²) in [4.78, 5) is 28.2. The van der Waals surface area contributed by atoms with Gasteiger partial charge in [0.05, 0.1) is 12.8 Å². The van der Waals surface area contributed by atoms with Crippen LogP contribution in [0.3, 0.4) is 0 Å². The number of hydrogen-bond donors (Lipinski definition) is 2. The van der Waals surface area contributed by atoms with E-state index in [9.17, 15) is 14.7 Å². The van der Waals surface area contributed by atoms with Crippen LogP contribution in [-0.2, 0) is 4.79 Å². The minimum atomic E-state index is -1.05. The normalized spacial score (nSPS) is 12.4. The van der Waals surface area contributed by atoms with E-state index in [0.717, 1.165) is 0 Å². The van der Waals surface area contributed by atoms with Gasteiger partial charge >= 0.3 is 5.97 Å². The third kappa shape index (κ3) is 3.44. The molecule has 2 N–H and O–H groups in total. The standard InChI is InChI=1S/C16H21N3O4/c1-9(2)8-11(16(21)22)18-15(20)13-10(3)17-14-12(23-4)6-5-7-19(13)14/h5-7,9,11H,8H2,1-4H3,(H,18,20)(H,21,22). The first-order valence-corrected chi connectivity index (χ1v) is 7.40. The van der Waals surface area contributed by atoms with E-state index in [1.807, 2.05) is 13.8 Å². The molecule has 23 heavy (non-hydrogen) atoms. The summed E-state index contributed by atoms with van der Waals surface area (Å²) in [6.07, 6.45) is 2.06. The Bertz CT molecular complexity index is 736. The van der Waals surface area contributed by atoms with Crippen LogP contribution in [0.2, 0.25) is 0 Å².